The molecule has 0 amide bonds. The predicted molar refractivity (Wildman–Crippen MR) is 41.6 cm³/mol. The van der Waals surface area contributed by atoms with Crippen LogP contribution in [0.1, 0.15) is 12.8 Å². The molecule has 8 heavy (non-hydrogen) atoms. The smallest absolute Gasteiger partial charge is 0.0466 e. The number of halogens is 1. The Morgan fingerprint density at radius 3 is 1.50 bits per heavy atom. The Morgan fingerprint density at radius 1 is 1.00 bits per heavy atom. The third-order valence-electron chi connectivity index (χ3n) is 0.827. The zero-order valence-corrected chi connectivity index (χ0v) is 6.77. The van der Waals surface area contributed by atoms with Crippen LogP contribution in [-0.4, -0.2) is 13.2 Å². The molecule has 0 atom stereocenters. The van der Waals surface area contributed by atoms with Gasteiger partial charge in [0, 0.05) is 13.2 Å². The van der Waals surface area contributed by atoms with Gasteiger partial charge >= 0.3 is 0 Å². The largest absolute Gasteiger partial charge is 0.381 e. The summed E-state index contributed by atoms with van der Waals surface area (Å²) in [5.41, 5.74) is 0. The molecular formula is C6H13BrO. The summed E-state index contributed by atoms with van der Waals surface area (Å²) in [5, 5.41) is 0. The van der Waals surface area contributed by atoms with E-state index in [0.717, 1.165) is 13.2 Å². The van der Waals surface area contributed by atoms with E-state index in [4.69, 9.17) is 4.74 Å². The number of hydrogen-bond donors (Lipinski definition) is 0. The van der Waals surface area contributed by atoms with Crippen LogP contribution in [0.15, 0.2) is 13.2 Å². The third-order valence-corrected chi connectivity index (χ3v) is 0.827. The number of rotatable bonds is 0. The van der Waals surface area contributed by atoms with Crippen molar-refractivity contribution in [3.05, 3.63) is 13.2 Å². The standard InChI is InChI=1S/C4H8O.C2H4.BrH/c1-2-4-5-3-1;1-2;/h1-4H2;1-2H2;1H. The Bertz CT molecular complexity index is 27.9. The molecule has 1 aliphatic rings. The van der Waals surface area contributed by atoms with E-state index in [1.165, 1.54) is 12.8 Å². The summed E-state index contributed by atoms with van der Waals surface area (Å²) in [6, 6.07) is 0. The lowest BCUT2D eigenvalue weighted by Crippen LogP contribution is -1.74. The first kappa shape index (κ1) is 11.0. The lowest BCUT2D eigenvalue weighted by atomic mass is 10.4. The molecule has 1 heterocycles. The van der Waals surface area contributed by atoms with Gasteiger partial charge in [0.1, 0.15) is 0 Å². The minimum atomic E-state index is 0. The molecule has 0 saturated carbocycles. The van der Waals surface area contributed by atoms with Gasteiger partial charge in [-0.25, -0.2) is 0 Å². The highest BCUT2D eigenvalue weighted by Crippen LogP contribution is 1.98. The first-order valence-corrected chi connectivity index (χ1v) is 2.58. The van der Waals surface area contributed by atoms with Crippen molar-refractivity contribution in [1.82, 2.24) is 0 Å². The molecule has 1 aliphatic heterocycles. The molecule has 0 aromatic carbocycles. The fourth-order valence-electron chi connectivity index (χ4n) is 0.510. The Hall–Kier alpha value is 0.180. The quantitative estimate of drug-likeness (QED) is 0.520. The van der Waals surface area contributed by atoms with Crippen molar-refractivity contribution < 1.29 is 4.74 Å². The van der Waals surface area contributed by atoms with Gasteiger partial charge in [-0.15, -0.1) is 30.1 Å². The summed E-state index contributed by atoms with van der Waals surface area (Å²) in [4.78, 5) is 0. The molecule has 2 heteroatoms. The van der Waals surface area contributed by atoms with Crippen molar-refractivity contribution in [2.75, 3.05) is 13.2 Å². The van der Waals surface area contributed by atoms with Crippen LogP contribution in [0.2, 0.25) is 0 Å². The van der Waals surface area contributed by atoms with Crippen molar-refractivity contribution >= 4 is 17.0 Å². The summed E-state index contributed by atoms with van der Waals surface area (Å²) in [6.07, 6.45) is 2.56. The second-order valence-corrected chi connectivity index (χ2v) is 1.32. The molecule has 0 aromatic rings. The van der Waals surface area contributed by atoms with Crippen LogP contribution in [0.25, 0.3) is 0 Å². The molecule has 0 bridgehead atoms. The highest BCUT2D eigenvalue weighted by atomic mass is 79.9. The minimum Gasteiger partial charge on any atom is -0.381 e. The van der Waals surface area contributed by atoms with E-state index in [0.29, 0.717) is 0 Å². The van der Waals surface area contributed by atoms with Crippen molar-refractivity contribution in [3.63, 3.8) is 0 Å². The van der Waals surface area contributed by atoms with Crippen molar-refractivity contribution in [2.45, 2.75) is 12.8 Å². The zero-order chi connectivity index (χ0) is 5.54. The molecule has 0 aliphatic carbocycles. The number of ether oxygens (including phenoxy) is 1. The van der Waals surface area contributed by atoms with Gasteiger partial charge in [-0.05, 0) is 12.8 Å². The highest BCUT2D eigenvalue weighted by Gasteiger charge is 1.94. The maximum Gasteiger partial charge on any atom is 0.0466 e. The molecule has 0 N–H and O–H groups in total. The van der Waals surface area contributed by atoms with Gasteiger partial charge in [0.15, 0.2) is 0 Å². The SMILES string of the molecule is Br.C1CCOC1.C=C. The van der Waals surface area contributed by atoms with Crippen LogP contribution < -0.4 is 0 Å². The fourth-order valence-corrected chi connectivity index (χ4v) is 0.510. The molecule has 1 fully saturated rings. The van der Waals surface area contributed by atoms with Crippen molar-refractivity contribution in [1.29, 1.82) is 0 Å². The number of hydrogen-bond acceptors (Lipinski definition) is 1. The van der Waals surface area contributed by atoms with E-state index in [9.17, 15) is 0 Å². The van der Waals surface area contributed by atoms with Gasteiger partial charge in [0.05, 0.1) is 0 Å². The summed E-state index contributed by atoms with van der Waals surface area (Å²) in [7, 11) is 0. The Balaban J connectivity index is 0. The van der Waals surface area contributed by atoms with Crippen LogP contribution in [0.5, 0.6) is 0 Å². The molecule has 0 aromatic heterocycles. The molecule has 50 valence electrons. The molecule has 1 rings (SSSR count). The predicted octanol–water partition coefficient (Wildman–Crippen LogP) is 2.18. The van der Waals surface area contributed by atoms with Crippen LogP contribution >= 0.6 is 17.0 Å². The van der Waals surface area contributed by atoms with Crippen molar-refractivity contribution in [3.8, 4) is 0 Å². The average molecular weight is 181 g/mol. The van der Waals surface area contributed by atoms with E-state index < -0.39 is 0 Å². The van der Waals surface area contributed by atoms with Crippen molar-refractivity contribution in [2.24, 2.45) is 0 Å². The van der Waals surface area contributed by atoms with Gasteiger partial charge in [0.2, 0.25) is 0 Å². The monoisotopic (exact) mass is 180 g/mol. The summed E-state index contributed by atoms with van der Waals surface area (Å²) >= 11 is 0. The van der Waals surface area contributed by atoms with E-state index in [-0.39, 0.29) is 17.0 Å². The molecule has 0 radical (unpaired) electrons. The van der Waals surface area contributed by atoms with Crippen LogP contribution in [-0.2, 0) is 4.74 Å². The van der Waals surface area contributed by atoms with E-state index in [1.54, 1.807) is 0 Å². The lowest BCUT2D eigenvalue weighted by molar-refractivity contribution is 0.198. The zero-order valence-electron chi connectivity index (χ0n) is 5.06. The second-order valence-electron chi connectivity index (χ2n) is 1.32. The molecule has 0 unspecified atom stereocenters. The Morgan fingerprint density at radius 2 is 1.38 bits per heavy atom. The maximum atomic E-state index is 4.94. The molecule has 1 nitrogen and oxygen atoms in total. The van der Waals surface area contributed by atoms with E-state index in [1.807, 2.05) is 0 Å². The summed E-state index contributed by atoms with van der Waals surface area (Å²) < 4.78 is 4.94. The van der Waals surface area contributed by atoms with Gasteiger partial charge in [-0.2, -0.15) is 0 Å². The Labute approximate surface area is 61.5 Å². The normalized spacial score (nSPS) is 15.5. The molecular weight excluding hydrogens is 168 g/mol. The molecule has 1 saturated heterocycles. The van der Waals surface area contributed by atoms with Gasteiger partial charge < -0.3 is 4.74 Å². The topological polar surface area (TPSA) is 9.23 Å². The maximum absolute atomic E-state index is 4.94. The van der Waals surface area contributed by atoms with Gasteiger partial charge in [-0.3, -0.25) is 0 Å². The Kier molecular flexibility index (Phi) is 14.1. The van der Waals surface area contributed by atoms with E-state index in [2.05, 4.69) is 13.2 Å². The second kappa shape index (κ2) is 10.2. The van der Waals surface area contributed by atoms with Crippen LogP contribution in [0.4, 0.5) is 0 Å². The fraction of sp³-hybridized carbons (Fsp3) is 0.667. The average Bonchev–Trinajstić information content (AvgIpc) is 2.23. The van der Waals surface area contributed by atoms with Crippen LogP contribution in [0.3, 0.4) is 0 Å². The molecule has 0 spiro atoms. The van der Waals surface area contributed by atoms with Gasteiger partial charge in [-0.1, -0.05) is 0 Å². The summed E-state index contributed by atoms with van der Waals surface area (Å²) in [6.45, 7) is 8.00. The third kappa shape index (κ3) is 6.18. The van der Waals surface area contributed by atoms with Gasteiger partial charge in [0.25, 0.3) is 0 Å². The minimum absolute atomic E-state index is 0. The van der Waals surface area contributed by atoms with Crippen LogP contribution in [0, 0.1) is 0 Å². The highest BCUT2D eigenvalue weighted by molar-refractivity contribution is 8.93. The summed E-state index contributed by atoms with van der Waals surface area (Å²) in [5.74, 6) is 0. The lowest BCUT2D eigenvalue weighted by Gasteiger charge is -1.76. The first-order chi connectivity index (χ1) is 3.50. The van der Waals surface area contributed by atoms with E-state index >= 15 is 0 Å². The first-order valence-electron chi connectivity index (χ1n) is 2.58.